The molecule has 48 valence electrons. The maximum absolute atomic E-state index is 3.88. The van der Waals surface area contributed by atoms with Crippen LogP contribution in [0.2, 0.25) is 0 Å². The lowest BCUT2D eigenvalue weighted by Gasteiger charge is -2.15. The number of hydrogen-bond acceptors (Lipinski definition) is 0. The first-order valence-electron chi connectivity index (χ1n) is 3.56. The molecule has 0 aliphatic carbocycles. The Kier molecular flexibility index (Phi) is 2.30. The first-order chi connectivity index (χ1) is 3.93. The minimum Gasteiger partial charge on any atom is -0.353 e. The van der Waals surface area contributed by atoms with Crippen LogP contribution in [0.15, 0.2) is 0 Å². The summed E-state index contributed by atoms with van der Waals surface area (Å²) < 4.78 is 0. The van der Waals surface area contributed by atoms with Gasteiger partial charge in [0.25, 0.3) is 0 Å². The Morgan fingerprint density at radius 2 is 2.38 bits per heavy atom. The second-order valence-electron chi connectivity index (χ2n) is 2.57. The van der Waals surface area contributed by atoms with E-state index >= 15 is 0 Å². The zero-order valence-electron chi connectivity index (χ0n) is 5.40. The van der Waals surface area contributed by atoms with Crippen molar-refractivity contribution in [2.75, 3.05) is 13.1 Å². The highest BCUT2D eigenvalue weighted by Gasteiger charge is 2.14. The Hall–Kier alpha value is -0.0800. The van der Waals surface area contributed by atoms with E-state index in [9.17, 15) is 0 Å². The van der Waals surface area contributed by atoms with Gasteiger partial charge in [0.05, 0.1) is 6.54 Å². The Balaban J connectivity index is 2.13. The summed E-state index contributed by atoms with van der Waals surface area (Å²) in [4.78, 5) is 0. The van der Waals surface area contributed by atoms with Gasteiger partial charge < -0.3 is 11.1 Å². The Morgan fingerprint density at radius 1 is 1.50 bits per heavy atom. The molecule has 1 heterocycles. The molecule has 0 aromatic heterocycles. The second kappa shape index (κ2) is 3.05. The van der Waals surface area contributed by atoms with Gasteiger partial charge >= 0.3 is 0 Å². The number of quaternary nitrogens is 2. The standard InChI is InChI=1S/C6H14N2/c7-5-6-3-1-2-4-8-6/h6,8H,1-5,7H2/p+2/t6-/m0/s1. The van der Waals surface area contributed by atoms with Crippen molar-refractivity contribution >= 4 is 0 Å². The quantitative estimate of drug-likeness (QED) is 0.412. The third-order valence-electron chi connectivity index (χ3n) is 1.90. The average Bonchev–Trinajstić information content (AvgIpc) is 1.90. The molecule has 1 atom stereocenters. The van der Waals surface area contributed by atoms with E-state index in [1.807, 2.05) is 0 Å². The van der Waals surface area contributed by atoms with Gasteiger partial charge in [0.1, 0.15) is 12.6 Å². The van der Waals surface area contributed by atoms with Gasteiger partial charge in [0.15, 0.2) is 0 Å². The lowest BCUT2D eigenvalue weighted by Crippen LogP contribution is -2.95. The summed E-state index contributed by atoms with van der Waals surface area (Å²) in [7, 11) is 0. The summed E-state index contributed by atoms with van der Waals surface area (Å²) in [5.74, 6) is 0. The van der Waals surface area contributed by atoms with Gasteiger partial charge in [-0.25, -0.2) is 0 Å². The van der Waals surface area contributed by atoms with Crippen LogP contribution in [0.5, 0.6) is 0 Å². The van der Waals surface area contributed by atoms with Gasteiger partial charge in [-0.15, -0.1) is 0 Å². The van der Waals surface area contributed by atoms with Crippen molar-refractivity contribution in [2.24, 2.45) is 0 Å². The molecule has 1 aliphatic rings. The molecule has 1 fully saturated rings. The summed E-state index contributed by atoms with van der Waals surface area (Å²) in [5, 5.41) is 2.43. The Morgan fingerprint density at radius 3 is 2.75 bits per heavy atom. The maximum Gasteiger partial charge on any atom is 0.135 e. The predicted molar refractivity (Wildman–Crippen MR) is 32.2 cm³/mol. The van der Waals surface area contributed by atoms with E-state index in [1.165, 1.54) is 25.8 Å². The van der Waals surface area contributed by atoms with Crippen molar-refractivity contribution in [1.29, 1.82) is 0 Å². The van der Waals surface area contributed by atoms with Gasteiger partial charge in [-0.3, -0.25) is 0 Å². The molecule has 5 N–H and O–H groups in total. The summed E-state index contributed by atoms with van der Waals surface area (Å²) in [5.41, 5.74) is 3.88. The minimum absolute atomic E-state index is 0.851. The number of rotatable bonds is 1. The van der Waals surface area contributed by atoms with E-state index in [0.29, 0.717) is 0 Å². The zero-order chi connectivity index (χ0) is 5.82. The lowest BCUT2D eigenvalue weighted by molar-refractivity contribution is -0.713. The molecule has 0 bridgehead atoms. The van der Waals surface area contributed by atoms with Crippen LogP contribution >= 0.6 is 0 Å². The van der Waals surface area contributed by atoms with Crippen molar-refractivity contribution in [3.63, 3.8) is 0 Å². The van der Waals surface area contributed by atoms with Gasteiger partial charge in [0, 0.05) is 6.42 Å². The van der Waals surface area contributed by atoms with Crippen molar-refractivity contribution in [1.82, 2.24) is 0 Å². The molecule has 1 saturated heterocycles. The van der Waals surface area contributed by atoms with Gasteiger partial charge in [0.2, 0.25) is 0 Å². The van der Waals surface area contributed by atoms with Gasteiger partial charge in [-0.2, -0.15) is 0 Å². The highest BCUT2D eigenvalue weighted by atomic mass is 14.9. The predicted octanol–water partition coefficient (Wildman–Crippen LogP) is -1.66. The Bertz CT molecular complexity index is 57.5. The fraction of sp³-hybridized carbons (Fsp3) is 1.00. The normalized spacial score (nSPS) is 30.4. The van der Waals surface area contributed by atoms with E-state index in [0.717, 1.165) is 12.6 Å². The van der Waals surface area contributed by atoms with Crippen molar-refractivity contribution < 1.29 is 11.1 Å². The third-order valence-corrected chi connectivity index (χ3v) is 1.90. The fourth-order valence-corrected chi connectivity index (χ4v) is 1.28. The van der Waals surface area contributed by atoms with E-state index in [4.69, 9.17) is 0 Å². The van der Waals surface area contributed by atoms with Crippen molar-refractivity contribution in [3.05, 3.63) is 0 Å². The molecule has 0 aromatic rings. The first-order valence-corrected chi connectivity index (χ1v) is 3.56. The molecule has 0 aromatic carbocycles. The van der Waals surface area contributed by atoms with Gasteiger partial charge in [-0.05, 0) is 12.8 Å². The molecule has 0 spiro atoms. The SMILES string of the molecule is [NH3+]C[C@@H]1CCCC[NH2+]1. The average molecular weight is 116 g/mol. The summed E-state index contributed by atoms with van der Waals surface area (Å²) in [6.07, 6.45) is 4.23. The van der Waals surface area contributed by atoms with E-state index in [-0.39, 0.29) is 0 Å². The fourth-order valence-electron chi connectivity index (χ4n) is 1.28. The molecule has 0 unspecified atom stereocenters. The van der Waals surface area contributed by atoms with E-state index < -0.39 is 0 Å². The second-order valence-corrected chi connectivity index (χ2v) is 2.57. The van der Waals surface area contributed by atoms with Crippen LogP contribution in [-0.2, 0) is 0 Å². The number of hydrogen-bond donors (Lipinski definition) is 2. The summed E-state index contributed by atoms with van der Waals surface area (Å²) in [6.45, 7) is 2.44. The largest absolute Gasteiger partial charge is 0.353 e. The number of nitrogens with two attached hydrogens (primary N) is 1. The minimum atomic E-state index is 0.851. The Labute approximate surface area is 50.4 Å². The van der Waals surface area contributed by atoms with Crippen molar-refractivity contribution in [2.45, 2.75) is 25.3 Å². The van der Waals surface area contributed by atoms with Gasteiger partial charge in [-0.1, -0.05) is 0 Å². The van der Waals surface area contributed by atoms with E-state index in [1.54, 1.807) is 0 Å². The molecule has 2 heteroatoms. The molecule has 8 heavy (non-hydrogen) atoms. The molecule has 1 rings (SSSR count). The highest BCUT2D eigenvalue weighted by molar-refractivity contribution is 4.55. The first kappa shape index (κ1) is 6.05. The van der Waals surface area contributed by atoms with Crippen LogP contribution in [-0.4, -0.2) is 19.1 Å². The van der Waals surface area contributed by atoms with Crippen LogP contribution in [0.25, 0.3) is 0 Å². The van der Waals surface area contributed by atoms with Crippen LogP contribution in [0.1, 0.15) is 19.3 Å². The molecule has 0 amide bonds. The molecular formula is C6H16N2+2. The topological polar surface area (TPSA) is 44.2 Å². The molecule has 0 saturated carbocycles. The molecular weight excluding hydrogens is 100 g/mol. The smallest absolute Gasteiger partial charge is 0.135 e. The monoisotopic (exact) mass is 116 g/mol. The summed E-state index contributed by atoms with van der Waals surface area (Å²) >= 11 is 0. The van der Waals surface area contributed by atoms with Crippen LogP contribution in [0, 0.1) is 0 Å². The zero-order valence-corrected chi connectivity index (χ0v) is 5.40. The number of piperidine rings is 1. The molecule has 1 aliphatic heterocycles. The lowest BCUT2D eigenvalue weighted by atomic mass is 10.1. The van der Waals surface area contributed by atoms with Crippen molar-refractivity contribution in [3.8, 4) is 0 Å². The van der Waals surface area contributed by atoms with E-state index in [2.05, 4.69) is 11.1 Å². The summed E-state index contributed by atoms with van der Waals surface area (Å²) in [6, 6.07) is 0.851. The molecule has 0 radical (unpaired) electrons. The maximum atomic E-state index is 3.88. The van der Waals surface area contributed by atoms with Crippen LogP contribution in [0.3, 0.4) is 0 Å². The highest BCUT2D eigenvalue weighted by Crippen LogP contribution is 1.98. The van der Waals surface area contributed by atoms with Crippen LogP contribution in [0.4, 0.5) is 0 Å². The van der Waals surface area contributed by atoms with Crippen LogP contribution < -0.4 is 11.1 Å². The third kappa shape index (κ3) is 1.46. The molecule has 2 nitrogen and oxygen atoms in total.